The summed E-state index contributed by atoms with van der Waals surface area (Å²) < 4.78 is 6.08. The summed E-state index contributed by atoms with van der Waals surface area (Å²) in [5.74, 6) is -0.820. The summed E-state index contributed by atoms with van der Waals surface area (Å²) in [6.07, 6.45) is 4.56. The maximum Gasteiger partial charge on any atom is 0.234 e. The fourth-order valence-electron chi connectivity index (χ4n) is 4.17. The van der Waals surface area contributed by atoms with Crippen LogP contribution in [-0.4, -0.2) is 59.9 Å². The van der Waals surface area contributed by atoms with Crippen LogP contribution in [0, 0.1) is 10.8 Å². The molecule has 0 aromatic carbocycles. The third kappa shape index (κ3) is 4.36. The summed E-state index contributed by atoms with van der Waals surface area (Å²) in [6, 6.07) is 1.72. The number of halogens is 1. The normalized spacial score (nSPS) is 33.1. The van der Waals surface area contributed by atoms with E-state index in [1.807, 2.05) is 0 Å². The van der Waals surface area contributed by atoms with Gasteiger partial charge in [-0.2, -0.15) is 0 Å². The van der Waals surface area contributed by atoms with Gasteiger partial charge in [0.25, 0.3) is 0 Å². The Hall–Kier alpha value is -1.85. The van der Waals surface area contributed by atoms with Crippen LogP contribution in [0.1, 0.15) is 19.3 Å². The molecule has 2 atom stereocenters. The number of nitrogens with one attached hydrogen (secondary N) is 4. The summed E-state index contributed by atoms with van der Waals surface area (Å²) in [6.45, 7) is 2.05. The van der Waals surface area contributed by atoms with E-state index in [1.54, 1.807) is 12.3 Å². The van der Waals surface area contributed by atoms with E-state index in [0.29, 0.717) is 24.5 Å². The summed E-state index contributed by atoms with van der Waals surface area (Å²) in [5, 5.41) is 15.2. The van der Waals surface area contributed by atoms with Gasteiger partial charge in [0, 0.05) is 43.7 Å². The molecule has 6 N–H and O–H groups in total. The van der Waals surface area contributed by atoms with Crippen LogP contribution in [0.5, 0.6) is 5.75 Å². The first-order valence-corrected chi connectivity index (χ1v) is 10.3. The van der Waals surface area contributed by atoms with Gasteiger partial charge in [-0.15, -0.1) is 16.5 Å². The number of amides is 1. The van der Waals surface area contributed by atoms with E-state index < -0.39 is 24.2 Å². The number of carbonyl (C=O) groups is 1. The van der Waals surface area contributed by atoms with Gasteiger partial charge in [-0.05, 0) is 13.0 Å². The van der Waals surface area contributed by atoms with Gasteiger partial charge in [0.1, 0.15) is 23.5 Å². The van der Waals surface area contributed by atoms with Gasteiger partial charge >= 0.3 is 0 Å². The monoisotopic (exact) mass is 423 g/mol. The van der Waals surface area contributed by atoms with Crippen LogP contribution >= 0.6 is 11.6 Å². The number of ether oxygens (including phenoxy) is 1. The lowest BCUT2D eigenvalue weighted by Gasteiger charge is -2.54. The van der Waals surface area contributed by atoms with E-state index >= 15 is 0 Å². The van der Waals surface area contributed by atoms with Crippen LogP contribution in [0.25, 0.3) is 0 Å². The molecule has 3 fully saturated rings. The first kappa shape index (κ1) is 20.4. The maximum atomic E-state index is 13.0. The second-order valence-electron chi connectivity index (χ2n) is 7.98. The van der Waals surface area contributed by atoms with Gasteiger partial charge in [-0.3, -0.25) is 20.4 Å². The van der Waals surface area contributed by atoms with Gasteiger partial charge < -0.3 is 21.1 Å². The lowest BCUT2D eigenvalue weighted by molar-refractivity contribution is -0.121. The van der Waals surface area contributed by atoms with Crippen molar-refractivity contribution in [2.75, 3.05) is 25.0 Å². The van der Waals surface area contributed by atoms with Crippen LogP contribution in [0.15, 0.2) is 23.6 Å². The van der Waals surface area contributed by atoms with Crippen molar-refractivity contribution >= 4 is 23.2 Å². The molecular weight excluding hydrogens is 398 g/mol. The maximum absolute atomic E-state index is 13.0. The molecule has 0 bridgehead atoms. The van der Waals surface area contributed by atoms with Crippen molar-refractivity contribution in [1.82, 2.24) is 20.9 Å². The van der Waals surface area contributed by atoms with Gasteiger partial charge in [0.05, 0.1) is 17.7 Å². The first-order valence-electron chi connectivity index (χ1n) is 9.85. The lowest BCUT2D eigenvalue weighted by Crippen LogP contribution is -2.67. The number of anilines is 1. The molecule has 2 saturated heterocycles. The predicted octanol–water partition coefficient (Wildman–Crippen LogP) is 0.0871. The smallest absolute Gasteiger partial charge is 0.234 e. The van der Waals surface area contributed by atoms with Crippen LogP contribution < -0.4 is 31.7 Å². The van der Waals surface area contributed by atoms with Gasteiger partial charge in [-0.25, -0.2) is 0 Å². The number of pyridine rings is 1. The zero-order valence-electron chi connectivity index (χ0n) is 15.9. The van der Waals surface area contributed by atoms with E-state index in [-0.39, 0.29) is 17.0 Å². The fraction of sp³-hybridized carbons (Fsp3) is 0.667. The van der Waals surface area contributed by atoms with Crippen molar-refractivity contribution in [3.05, 3.63) is 23.4 Å². The van der Waals surface area contributed by atoms with Gasteiger partial charge in [0.2, 0.25) is 5.91 Å². The Morgan fingerprint density at radius 1 is 1.41 bits per heavy atom. The summed E-state index contributed by atoms with van der Waals surface area (Å²) >= 11 is 6.06. The van der Waals surface area contributed by atoms with Crippen LogP contribution in [0.3, 0.4) is 0 Å². The molecular formula is C18H26ClN7O3. The topological polar surface area (TPSA) is 143 Å². The SMILES string of the molecule is NC(N=O)C(C(=O)Nc1cnccc1OC1CC2(CCN2)C1)C1NCC(Cl)CN1. The van der Waals surface area contributed by atoms with Crippen molar-refractivity contribution in [1.29, 1.82) is 0 Å². The summed E-state index contributed by atoms with van der Waals surface area (Å²) in [5.41, 5.74) is 6.51. The zero-order chi connectivity index (χ0) is 20.4. The second kappa shape index (κ2) is 8.49. The Balaban J connectivity index is 1.42. The molecule has 1 spiro atoms. The molecule has 1 aromatic heterocycles. The highest BCUT2D eigenvalue weighted by atomic mass is 35.5. The molecule has 4 rings (SSSR count). The number of nitrogens with zero attached hydrogens (tertiary/aromatic N) is 2. The van der Waals surface area contributed by atoms with E-state index in [4.69, 9.17) is 22.1 Å². The number of alkyl halides is 1. The predicted molar refractivity (Wildman–Crippen MR) is 109 cm³/mol. The second-order valence-corrected chi connectivity index (χ2v) is 8.60. The Bertz CT molecular complexity index is 747. The highest BCUT2D eigenvalue weighted by Crippen LogP contribution is 2.42. The van der Waals surface area contributed by atoms with Gasteiger partial charge in [0.15, 0.2) is 6.17 Å². The molecule has 1 aliphatic carbocycles. The van der Waals surface area contributed by atoms with Crippen LogP contribution in [0.2, 0.25) is 0 Å². The lowest BCUT2D eigenvalue weighted by atomic mass is 9.68. The van der Waals surface area contributed by atoms with E-state index in [2.05, 4.69) is 31.4 Å². The third-order valence-corrected chi connectivity index (χ3v) is 6.25. The minimum atomic E-state index is -1.22. The number of carbonyl (C=O) groups excluding carboxylic acids is 1. The molecule has 2 aliphatic heterocycles. The Morgan fingerprint density at radius 3 is 2.76 bits per heavy atom. The average Bonchev–Trinajstić information content (AvgIpc) is 2.65. The average molecular weight is 424 g/mol. The van der Waals surface area contributed by atoms with Crippen molar-refractivity contribution in [3.8, 4) is 5.75 Å². The van der Waals surface area contributed by atoms with Crippen molar-refractivity contribution in [3.63, 3.8) is 0 Å². The number of nitroso groups, excluding NO2 is 1. The molecule has 11 heteroatoms. The molecule has 3 heterocycles. The molecule has 1 amide bonds. The Kier molecular flexibility index (Phi) is 5.98. The molecule has 3 aliphatic rings. The molecule has 29 heavy (non-hydrogen) atoms. The molecule has 1 aromatic rings. The van der Waals surface area contributed by atoms with Crippen LogP contribution in [-0.2, 0) is 4.79 Å². The quantitative estimate of drug-likeness (QED) is 0.306. The van der Waals surface area contributed by atoms with E-state index in [0.717, 1.165) is 19.4 Å². The molecule has 1 saturated carbocycles. The van der Waals surface area contributed by atoms with E-state index in [1.165, 1.54) is 12.6 Å². The Morgan fingerprint density at radius 2 is 2.14 bits per heavy atom. The molecule has 158 valence electrons. The zero-order valence-corrected chi connectivity index (χ0v) is 16.7. The van der Waals surface area contributed by atoms with Crippen molar-refractivity contribution in [2.45, 2.75) is 48.6 Å². The molecule has 10 nitrogen and oxygen atoms in total. The minimum absolute atomic E-state index is 0.0953. The van der Waals surface area contributed by atoms with Crippen molar-refractivity contribution in [2.24, 2.45) is 16.8 Å². The molecule has 0 radical (unpaired) electrons. The standard InChI is InChI=1S/C18H26ClN7O3/c19-10-7-22-16(23-8-10)14(15(20)26-28)17(27)25-12-9-21-3-1-13(12)29-11-5-18(6-11)2-4-24-18/h1,3,9-11,14-16,22-24H,2,4-8,20H2,(H,25,27). The number of hydrogen-bond donors (Lipinski definition) is 5. The van der Waals surface area contributed by atoms with Crippen LogP contribution in [0.4, 0.5) is 5.69 Å². The number of aromatic nitrogens is 1. The largest absolute Gasteiger partial charge is 0.488 e. The summed E-state index contributed by atoms with van der Waals surface area (Å²) in [4.78, 5) is 28.1. The Labute approximate surface area is 173 Å². The highest BCUT2D eigenvalue weighted by Gasteiger charge is 2.49. The highest BCUT2D eigenvalue weighted by molar-refractivity contribution is 6.21. The number of nitrogens with two attached hydrogens (primary N) is 1. The fourth-order valence-corrected chi connectivity index (χ4v) is 4.35. The first-order chi connectivity index (χ1) is 14.0. The number of hydrogen-bond acceptors (Lipinski definition) is 9. The third-order valence-electron chi connectivity index (χ3n) is 5.94. The van der Waals surface area contributed by atoms with E-state index in [9.17, 15) is 9.70 Å². The van der Waals surface area contributed by atoms with Gasteiger partial charge in [-0.1, -0.05) is 5.18 Å². The molecule has 2 unspecified atom stereocenters. The summed E-state index contributed by atoms with van der Waals surface area (Å²) in [7, 11) is 0. The minimum Gasteiger partial charge on any atom is -0.488 e. The van der Waals surface area contributed by atoms with Crippen molar-refractivity contribution < 1.29 is 9.53 Å². The number of rotatable bonds is 7.